The third kappa shape index (κ3) is 4.78. The molecule has 2 rings (SSSR count). The molecule has 2 N–H and O–H groups in total. The number of halogens is 1. The fourth-order valence-corrected chi connectivity index (χ4v) is 2.57. The smallest absolute Gasteiger partial charge is 0.221 e. The number of benzene rings is 1. The quantitative estimate of drug-likeness (QED) is 0.871. The summed E-state index contributed by atoms with van der Waals surface area (Å²) < 4.78 is 5.34. The summed E-state index contributed by atoms with van der Waals surface area (Å²) >= 11 is 6.12. The lowest BCUT2D eigenvalue weighted by atomic mass is 10.1. The van der Waals surface area contributed by atoms with Crippen LogP contribution in [0.3, 0.4) is 0 Å². The first kappa shape index (κ1) is 15.3. The van der Waals surface area contributed by atoms with Gasteiger partial charge in [0.15, 0.2) is 0 Å². The van der Waals surface area contributed by atoms with Gasteiger partial charge < -0.3 is 15.4 Å². The van der Waals surface area contributed by atoms with Gasteiger partial charge in [-0.3, -0.25) is 4.79 Å². The molecule has 1 saturated heterocycles. The first-order valence-corrected chi connectivity index (χ1v) is 7.37. The summed E-state index contributed by atoms with van der Waals surface area (Å²) in [7, 11) is 0. The molecule has 20 heavy (non-hydrogen) atoms. The molecule has 1 aliphatic rings. The Kier molecular flexibility index (Phi) is 5.83. The summed E-state index contributed by atoms with van der Waals surface area (Å²) in [5.74, 6) is 0.0487. The lowest BCUT2D eigenvalue weighted by Crippen LogP contribution is -2.45. The predicted molar refractivity (Wildman–Crippen MR) is 80.0 cm³/mol. The van der Waals surface area contributed by atoms with Gasteiger partial charge in [0, 0.05) is 30.1 Å². The predicted octanol–water partition coefficient (Wildman–Crippen LogP) is 1.77. The molecular formula is C15H21ClN2O2. The summed E-state index contributed by atoms with van der Waals surface area (Å²) in [5, 5.41) is 7.03. The summed E-state index contributed by atoms with van der Waals surface area (Å²) in [6.07, 6.45) is 1.19. The fraction of sp³-hybridized carbons (Fsp3) is 0.533. The number of morpholine rings is 1. The summed E-state index contributed by atoms with van der Waals surface area (Å²) in [5.41, 5.74) is 1.06. The van der Waals surface area contributed by atoms with Crippen molar-refractivity contribution in [3.63, 3.8) is 0 Å². The van der Waals surface area contributed by atoms with Crippen LogP contribution in [0.1, 0.15) is 18.9 Å². The van der Waals surface area contributed by atoms with E-state index < -0.39 is 0 Å². The molecule has 1 fully saturated rings. The molecule has 5 heteroatoms. The van der Waals surface area contributed by atoms with Gasteiger partial charge in [-0.15, -0.1) is 0 Å². The molecule has 0 saturated carbocycles. The van der Waals surface area contributed by atoms with Gasteiger partial charge in [-0.05, 0) is 25.0 Å². The number of amides is 1. The highest BCUT2D eigenvalue weighted by atomic mass is 35.5. The minimum atomic E-state index is 0.0487. The summed E-state index contributed by atoms with van der Waals surface area (Å²) in [6, 6.07) is 7.90. The average molecular weight is 297 g/mol. The van der Waals surface area contributed by atoms with Gasteiger partial charge >= 0.3 is 0 Å². The Hall–Kier alpha value is -1.10. The maximum absolute atomic E-state index is 12.0. The van der Waals surface area contributed by atoms with Crippen LogP contribution in [0.4, 0.5) is 0 Å². The van der Waals surface area contributed by atoms with E-state index in [4.69, 9.17) is 16.3 Å². The van der Waals surface area contributed by atoms with Crippen molar-refractivity contribution in [2.24, 2.45) is 0 Å². The Balaban J connectivity index is 1.77. The van der Waals surface area contributed by atoms with Crippen LogP contribution in [-0.4, -0.2) is 37.7 Å². The number of rotatable bonds is 5. The molecule has 0 aliphatic carbocycles. The fourth-order valence-electron chi connectivity index (χ4n) is 2.35. The van der Waals surface area contributed by atoms with E-state index in [1.165, 1.54) is 0 Å². The maximum atomic E-state index is 12.0. The first-order chi connectivity index (χ1) is 9.65. The third-order valence-corrected chi connectivity index (χ3v) is 3.69. The number of carbonyl (C=O) groups excluding carboxylic acids is 1. The highest BCUT2D eigenvalue weighted by molar-refractivity contribution is 6.31. The number of hydrogen-bond donors (Lipinski definition) is 2. The Morgan fingerprint density at radius 1 is 1.55 bits per heavy atom. The lowest BCUT2D eigenvalue weighted by Gasteiger charge is -2.24. The van der Waals surface area contributed by atoms with Crippen molar-refractivity contribution in [3.05, 3.63) is 34.9 Å². The zero-order valence-corrected chi connectivity index (χ0v) is 12.5. The molecule has 0 radical (unpaired) electrons. The van der Waals surface area contributed by atoms with Crippen LogP contribution in [0.5, 0.6) is 0 Å². The van der Waals surface area contributed by atoms with Crippen molar-refractivity contribution < 1.29 is 9.53 Å². The molecule has 0 spiro atoms. The van der Waals surface area contributed by atoms with Crippen LogP contribution in [0, 0.1) is 0 Å². The molecule has 1 aliphatic heterocycles. The normalized spacial score (nSPS) is 20.4. The first-order valence-electron chi connectivity index (χ1n) is 6.99. The minimum Gasteiger partial charge on any atom is -0.378 e. The van der Waals surface area contributed by atoms with Gasteiger partial charge in [-0.25, -0.2) is 0 Å². The second-order valence-electron chi connectivity index (χ2n) is 5.19. The van der Waals surface area contributed by atoms with E-state index >= 15 is 0 Å². The van der Waals surface area contributed by atoms with Crippen LogP contribution in [0.2, 0.25) is 5.02 Å². The lowest BCUT2D eigenvalue weighted by molar-refractivity contribution is -0.122. The summed E-state index contributed by atoms with van der Waals surface area (Å²) in [6.45, 7) is 4.13. The van der Waals surface area contributed by atoms with Crippen molar-refractivity contribution in [2.45, 2.75) is 31.8 Å². The van der Waals surface area contributed by atoms with E-state index in [1.807, 2.05) is 31.2 Å². The molecule has 2 atom stereocenters. The Morgan fingerprint density at radius 2 is 2.35 bits per heavy atom. The monoisotopic (exact) mass is 296 g/mol. The molecule has 1 heterocycles. The second-order valence-corrected chi connectivity index (χ2v) is 5.60. The van der Waals surface area contributed by atoms with Crippen molar-refractivity contribution in [2.75, 3.05) is 19.8 Å². The molecule has 2 unspecified atom stereocenters. The van der Waals surface area contributed by atoms with E-state index in [-0.39, 0.29) is 18.0 Å². The van der Waals surface area contributed by atoms with E-state index in [0.29, 0.717) is 13.0 Å². The van der Waals surface area contributed by atoms with E-state index in [2.05, 4.69) is 10.6 Å². The molecule has 1 aromatic rings. The number of hydrogen-bond acceptors (Lipinski definition) is 3. The van der Waals surface area contributed by atoms with Crippen molar-refractivity contribution in [1.29, 1.82) is 0 Å². The zero-order chi connectivity index (χ0) is 14.4. The standard InChI is InChI=1S/C15H21ClN2O2/c1-11(8-12-4-2-3-5-14(12)16)18-15(19)9-13-10-20-7-6-17-13/h2-5,11,13,17H,6-10H2,1H3,(H,18,19). The van der Waals surface area contributed by atoms with Crippen molar-refractivity contribution in [1.82, 2.24) is 10.6 Å². The minimum absolute atomic E-state index is 0.0487. The van der Waals surface area contributed by atoms with Crippen LogP contribution in [0.15, 0.2) is 24.3 Å². The van der Waals surface area contributed by atoms with E-state index in [1.54, 1.807) is 0 Å². The topological polar surface area (TPSA) is 50.4 Å². The molecule has 0 aromatic heterocycles. The molecule has 1 amide bonds. The molecule has 4 nitrogen and oxygen atoms in total. The number of nitrogens with one attached hydrogen (secondary N) is 2. The van der Waals surface area contributed by atoms with Crippen molar-refractivity contribution >= 4 is 17.5 Å². The molecule has 1 aromatic carbocycles. The Bertz CT molecular complexity index is 447. The molecular weight excluding hydrogens is 276 g/mol. The van der Waals surface area contributed by atoms with Crippen molar-refractivity contribution in [3.8, 4) is 0 Å². The molecule has 110 valence electrons. The average Bonchev–Trinajstić information content (AvgIpc) is 2.42. The van der Waals surface area contributed by atoms with Gasteiger partial charge in [0.2, 0.25) is 5.91 Å². The van der Waals surface area contributed by atoms with Crippen LogP contribution >= 0.6 is 11.6 Å². The largest absolute Gasteiger partial charge is 0.378 e. The van der Waals surface area contributed by atoms with Gasteiger partial charge in [0.05, 0.1) is 13.2 Å². The summed E-state index contributed by atoms with van der Waals surface area (Å²) in [4.78, 5) is 12.0. The van der Waals surface area contributed by atoms with E-state index in [9.17, 15) is 4.79 Å². The highest BCUT2D eigenvalue weighted by Gasteiger charge is 2.18. The van der Waals surface area contributed by atoms with Crippen LogP contribution < -0.4 is 10.6 Å². The van der Waals surface area contributed by atoms with Gasteiger partial charge in [-0.1, -0.05) is 29.8 Å². The Labute approximate surface area is 124 Å². The van der Waals surface area contributed by atoms with E-state index in [0.717, 1.165) is 30.2 Å². The Morgan fingerprint density at radius 3 is 3.05 bits per heavy atom. The van der Waals surface area contributed by atoms with Crippen LogP contribution in [0.25, 0.3) is 0 Å². The number of ether oxygens (including phenoxy) is 1. The second kappa shape index (κ2) is 7.62. The SMILES string of the molecule is CC(Cc1ccccc1Cl)NC(=O)CC1COCCN1. The molecule has 0 bridgehead atoms. The highest BCUT2D eigenvalue weighted by Crippen LogP contribution is 2.16. The van der Waals surface area contributed by atoms with Gasteiger partial charge in [0.1, 0.15) is 0 Å². The maximum Gasteiger partial charge on any atom is 0.221 e. The number of carbonyl (C=O) groups is 1. The van der Waals surface area contributed by atoms with Gasteiger partial charge in [-0.2, -0.15) is 0 Å². The zero-order valence-electron chi connectivity index (χ0n) is 11.7. The van der Waals surface area contributed by atoms with Crippen LogP contribution in [-0.2, 0) is 16.0 Å². The third-order valence-electron chi connectivity index (χ3n) is 3.32. The van der Waals surface area contributed by atoms with Gasteiger partial charge in [0.25, 0.3) is 0 Å².